The average Bonchev–Trinajstić information content (AvgIpc) is 2.14. The monoisotopic (exact) mass is 288 g/mol. The Labute approximate surface area is 103 Å². The van der Waals surface area contributed by atoms with Crippen molar-refractivity contribution < 1.29 is 13.9 Å². The predicted molar refractivity (Wildman–Crippen MR) is 64.2 cm³/mol. The molecule has 16 heavy (non-hydrogen) atoms. The Kier molecular flexibility index (Phi) is 4.08. The lowest BCUT2D eigenvalue weighted by Crippen LogP contribution is -2.25. The number of halogens is 2. The van der Waals surface area contributed by atoms with Crippen LogP contribution >= 0.6 is 15.9 Å². The molecule has 0 radical (unpaired) electrons. The van der Waals surface area contributed by atoms with Crippen molar-refractivity contribution in [2.24, 2.45) is 0 Å². The summed E-state index contributed by atoms with van der Waals surface area (Å²) in [6.45, 7) is 5.25. The molecule has 88 valence electrons. The Balaban J connectivity index is 3.08. The van der Waals surface area contributed by atoms with Crippen LogP contribution in [0.1, 0.15) is 36.7 Å². The number of hydrogen-bond donors (Lipinski definition) is 0. The van der Waals surface area contributed by atoms with Crippen LogP contribution in [0.4, 0.5) is 4.39 Å². The van der Waals surface area contributed by atoms with E-state index in [1.54, 1.807) is 32.9 Å². The van der Waals surface area contributed by atoms with Crippen LogP contribution in [0, 0.1) is 5.82 Å². The third-order valence-electron chi connectivity index (χ3n) is 1.85. The van der Waals surface area contributed by atoms with Gasteiger partial charge in [0.05, 0.1) is 5.56 Å². The minimum absolute atomic E-state index is 0.00861. The smallest absolute Gasteiger partial charge is 0.341 e. The Bertz CT molecular complexity index is 396. The third-order valence-corrected chi connectivity index (χ3v) is 2.45. The van der Waals surface area contributed by atoms with Gasteiger partial charge in [-0.2, -0.15) is 0 Å². The Morgan fingerprint density at radius 1 is 1.44 bits per heavy atom. The topological polar surface area (TPSA) is 26.3 Å². The molecule has 0 saturated heterocycles. The molecule has 0 aliphatic carbocycles. The van der Waals surface area contributed by atoms with Gasteiger partial charge in [-0.3, -0.25) is 0 Å². The van der Waals surface area contributed by atoms with Gasteiger partial charge in [0, 0.05) is 5.33 Å². The first-order valence-corrected chi connectivity index (χ1v) is 6.04. The summed E-state index contributed by atoms with van der Waals surface area (Å²) >= 11 is 3.22. The summed E-state index contributed by atoms with van der Waals surface area (Å²) < 4.78 is 18.7. The molecular weight excluding hydrogens is 275 g/mol. The van der Waals surface area contributed by atoms with Crippen molar-refractivity contribution in [1.82, 2.24) is 0 Å². The van der Waals surface area contributed by atoms with Gasteiger partial charge in [-0.1, -0.05) is 28.1 Å². The number of hydrogen-bond acceptors (Lipinski definition) is 2. The molecule has 0 atom stereocenters. The molecule has 1 rings (SSSR count). The number of carbonyl (C=O) groups is 1. The van der Waals surface area contributed by atoms with Crippen LogP contribution < -0.4 is 0 Å². The first-order valence-electron chi connectivity index (χ1n) is 4.92. The van der Waals surface area contributed by atoms with E-state index in [9.17, 15) is 9.18 Å². The van der Waals surface area contributed by atoms with Crippen molar-refractivity contribution in [3.63, 3.8) is 0 Å². The predicted octanol–water partition coefficient (Wildman–Crippen LogP) is 3.68. The molecule has 0 aliphatic rings. The Hall–Kier alpha value is -0.900. The first kappa shape index (κ1) is 13.2. The van der Waals surface area contributed by atoms with Gasteiger partial charge >= 0.3 is 5.97 Å². The van der Waals surface area contributed by atoms with Crippen molar-refractivity contribution in [2.75, 3.05) is 0 Å². The molecule has 0 aromatic heterocycles. The van der Waals surface area contributed by atoms with E-state index >= 15 is 0 Å². The fraction of sp³-hybridized carbons (Fsp3) is 0.417. The molecule has 0 bridgehead atoms. The molecule has 1 aromatic rings. The molecule has 4 heteroatoms. The molecular formula is C12H14BrFO2. The highest BCUT2D eigenvalue weighted by Crippen LogP contribution is 2.20. The number of benzene rings is 1. The van der Waals surface area contributed by atoms with Crippen molar-refractivity contribution in [2.45, 2.75) is 31.7 Å². The maximum absolute atomic E-state index is 13.5. The molecule has 0 heterocycles. The minimum atomic E-state index is -0.625. The highest BCUT2D eigenvalue weighted by Gasteiger charge is 2.22. The summed E-state index contributed by atoms with van der Waals surface area (Å²) in [5.41, 5.74) is -0.0216. The van der Waals surface area contributed by atoms with Crippen molar-refractivity contribution >= 4 is 21.9 Å². The van der Waals surface area contributed by atoms with Gasteiger partial charge in [0.25, 0.3) is 0 Å². The normalized spacial score (nSPS) is 11.3. The molecule has 0 aliphatic heterocycles. The maximum atomic E-state index is 13.5. The molecule has 2 nitrogen and oxygen atoms in total. The standard InChI is InChI=1S/C12H14BrFO2/c1-12(2,3)16-11(15)10-8(7-13)5-4-6-9(10)14/h4-6H,7H2,1-3H3. The largest absolute Gasteiger partial charge is 0.456 e. The van der Waals surface area contributed by atoms with Gasteiger partial charge in [0.1, 0.15) is 11.4 Å². The minimum Gasteiger partial charge on any atom is -0.456 e. The highest BCUT2D eigenvalue weighted by molar-refractivity contribution is 9.08. The average molecular weight is 289 g/mol. The lowest BCUT2D eigenvalue weighted by atomic mass is 10.1. The maximum Gasteiger partial charge on any atom is 0.341 e. The van der Waals surface area contributed by atoms with Crippen LogP contribution in [-0.2, 0) is 10.1 Å². The van der Waals surface area contributed by atoms with E-state index in [1.165, 1.54) is 6.07 Å². The summed E-state index contributed by atoms with van der Waals surface area (Å²) in [5.74, 6) is -1.17. The van der Waals surface area contributed by atoms with Crippen LogP contribution in [0.3, 0.4) is 0 Å². The SMILES string of the molecule is CC(C)(C)OC(=O)c1c(F)cccc1CBr. The van der Waals surface area contributed by atoms with E-state index in [1.807, 2.05) is 0 Å². The van der Waals surface area contributed by atoms with Gasteiger partial charge in [-0.05, 0) is 32.4 Å². The van der Waals surface area contributed by atoms with Gasteiger partial charge in [-0.25, -0.2) is 9.18 Å². The second kappa shape index (κ2) is 4.95. The fourth-order valence-electron chi connectivity index (χ4n) is 1.24. The lowest BCUT2D eigenvalue weighted by Gasteiger charge is -2.20. The van der Waals surface area contributed by atoms with Gasteiger partial charge in [0.2, 0.25) is 0 Å². The van der Waals surface area contributed by atoms with Crippen LogP contribution in [-0.4, -0.2) is 11.6 Å². The van der Waals surface area contributed by atoms with Crippen molar-refractivity contribution in [3.05, 3.63) is 35.1 Å². The second-order valence-electron chi connectivity index (χ2n) is 4.41. The Morgan fingerprint density at radius 3 is 2.56 bits per heavy atom. The number of ether oxygens (including phenoxy) is 1. The van der Waals surface area contributed by atoms with Crippen molar-refractivity contribution in [3.8, 4) is 0 Å². The van der Waals surface area contributed by atoms with E-state index in [4.69, 9.17) is 4.74 Å². The molecule has 0 fully saturated rings. The second-order valence-corrected chi connectivity index (χ2v) is 4.97. The number of esters is 1. The van der Waals surface area contributed by atoms with E-state index in [0.29, 0.717) is 10.9 Å². The van der Waals surface area contributed by atoms with Crippen LogP contribution in [0.15, 0.2) is 18.2 Å². The number of alkyl halides is 1. The quantitative estimate of drug-likeness (QED) is 0.613. The third kappa shape index (κ3) is 3.30. The summed E-state index contributed by atoms with van der Waals surface area (Å²) in [6, 6.07) is 4.52. The van der Waals surface area contributed by atoms with Crippen LogP contribution in [0.2, 0.25) is 0 Å². The van der Waals surface area contributed by atoms with Crippen LogP contribution in [0.25, 0.3) is 0 Å². The van der Waals surface area contributed by atoms with Gasteiger partial charge < -0.3 is 4.74 Å². The van der Waals surface area contributed by atoms with Crippen LogP contribution in [0.5, 0.6) is 0 Å². The lowest BCUT2D eigenvalue weighted by molar-refractivity contribution is 0.00638. The zero-order chi connectivity index (χ0) is 12.3. The molecule has 0 N–H and O–H groups in total. The summed E-state index contributed by atoms with van der Waals surface area (Å²) in [6.07, 6.45) is 0. The van der Waals surface area contributed by atoms with E-state index < -0.39 is 17.4 Å². The van der Waals surface area contributed by atoms with E-state index in [2.05, 4.69) is 15.9 Å². The van der Waals surface area contributed by atoms with Gasteiger partial charge in [0.15, 0.2) is 0 Å². The number of rotatable bonds is 2. The van der Waals surface area contributed by atoms with E-state index in [-0.39, 0.29) is 5.56 Å². The molecule has 0 amide bonds. The zero-order valence-corrected chi connectivity index (χ0v) is 11.1. The Morgan fingerprint density at radius 2 is 2.06 bits per heavy atom. The molecule has 0 unspecified atom stereocenters. The molecule has 1 aromatic carbocycles. The fourth-order valence-corrected chi connectivity index (χ4v) is 1.71. The highest BCUT2D eigenvalue weighted by atomic mass is 79.9. The van der Waals surface area contributed by atoms with E-state index in [0.717, 1.165) is 0 Å². The molecule has 0 saturated carbocycles. The summed E-state index contributed by atoms with van der Waals surface area (Å²) in [7, 11) is 0. The summed E-state index contributed by atoms with van der Waals surface area (Å²) in [5, 5.41) is 0.416. The van der Waals surface area contributed by atoms with Crippen molar-refractivity contribution in [1.29, 1.82) is 0 Å². The molecule has 0 spiro atoms. The number of carbonyl (C=O) groups excluding carboxylic acids is 1. The van der Waals surface area contributed by atoms with Gasteiger partial charge in [-0.15, -0.1) is 0 Å². The first-order chi connectivity index (χ1) is 7.35. The summed E-state index contributed by atoms with van der Waals surface area (Å²) in [4.78, 5) is 11.8. The zero-order valence-electron chi connectivity index (χ0n) is 9.51.